The summed E-state index contributed by atoms with van der Waals surface area (Å²) in [5.41, 5.74) is 8.73. The molecule has 4 aliphatic rings. The second-order valence-electron chi connectivity index (χ2n) is 21.2. The lowest BCUT2D eigenvalue weighted by molar-refractivity contribution is 0.0214. The molecule has 12 rings (SSSR count). The molecule has 4 aliphatic heterocycles. The SMILES string of the molecule is CCC(C)(c1ccc(N(C(=O)OC)c2cc3c(cc2C)Oc2cc(N(C)C)ccc2C32OC(=O)c3ccccc32)cc1)c1ccc(N(C(=O)OC)c2cc3c(cc2C)Oc2cc(N(C)C)ccc2C32OC(=O)c3ccccc32)cc1. The molecule has 0 fully saturated rings. The van der Waals surface area contributed by atoms with Crippen LogP contribution in [0.3, 0.4) is 0 Å². The molecule has 0 bridgehead atoms. The van der Waals surface area contributed by atoms with Crippen molar-refractivity contribution in [2.24, 2.45) is 0 Å². The minimum absolute atomic E-state index is 0.449. The number of methoxy groups -OCH3 is 2. The highest BCUT2D eigenvalue weighted by Crippen LogP contribution is 2.60. The Morgan fingerprint density at radius 1 is 0.475 bits per heavy atom. The summed E-state index contributed by atoms with van der Waals surface area (Å²) >= 11 is 0. The van der Waals surface area contributed by atoms with Crippen molar-refractivity contribution in [3.05, 3.63) is 224 Å². The molecule has 80 heavy (non-hydrogen) atoms. The van der Waals surface area contributed by atoms with Crippen LogP contribution in [-0.2, 0) is 35.6 Å². The van der Waals surface area contributed by atoms with Gasteiger partial charge in [0.15, 0.2) is 11.2 Å². The maximum Gasteiger partial charge on any atom is 0.418 e. The Balaban J connectivity index is 0.895. The zero-order valence-electron chi connectivity index (χ0n) is 46.1. The Morgan fingerprint density at radius 3 is 1.20 bits per heavy atom. The second kappa shape index (κ2) is 18.8. The monoisotopic (exact) mass is 1070 g/mol. The molecular weight excluding hydrogens is 1010 g/mol. The number of ether oxygens (including phenoxy) is 6. The van der Waals surface area contributed by atoms with Crippen molar-refractivity contribution in [3.8, 4) is 23.0 Å². The molecule has 2 unspecified atom stereocenters. The summed E-state index contributed by atoms with van der Waals surface area (Å²) in [6, 6.07) is 49.5. The van der Waals surface area contributed by atoms with Gasteiger partial charge in [-0.3, -0.25) is 0 Å². The first-order valence-corrected chi connectivity index (χ1v) is 26.4. The number of hydrogen-bond acceptors (Lipinski definition) is 12. The predicted octanol–water partition coefficient (Wildman–Crippen LogP) is 14.1. The number of hydrogen-bond donors (Lipinski definition) is 0. The molecule has 2 atom stereocenters. The molecule has 8 aromatic rings. The van der Waals surface area contributed by atoms with Gasteiger partial charge < -0.3 is 38.2 Å². The first kappa shape index (κ1) is 51.2. The number of carbonyl (C=O) groups excluding carboxylic acids is 4. The number of benzene rings is 8. The average Bonchev–Trinajstić information content (AvgIpc) is 2.27. The predicted molar refractivity (Wildman–Crippen MR) is 306 cm³/mol. The van der Waals surface area contributed by atoms with Crippen LogP contribution in [0.4, 0.5) is 43.7 Å². The topological polar surface area (TPSA) is 137 Å². The lowest BCUT2D eigenvalue weighted by Crippen LogP contribution is -2.34. The van der Waals surface area contributed by atoms with Gasteiger partial charge in [-0.15, -0.1) is 0 Å². The molecule has 0 saturated carbocycles. The third kappa shape index (κ3) is 7.52. The van der Waals surface area contributed by atoms with Gasteiger partial charge in [0.2, 0.25) is 0 Å². The molecule has 0 aromatic heterocycles. The van der Waals surface area contributed by atoms with E-state index in [1.165, 1.54) is 24.0 Å². The van der Waals surface area contributed by atoms with Crippen LogP contribution < -0.4 is 29.1 Å². The van der Waals surface area contributed by atoms with Crippen molar-refractivity contribution >= 4 is 58.2 Å². The van der Waals surface area contributed by atoms with Crippen molar-refractivity contribution in [2.75, 3.05) is 62.0 Å². The van der Waals surface area contributed by atoms with Crippen LogP contribution in [0.15, 0.2) is 158 Å². The first-order valence-electron chi connectivity index (χ1n) is 26.4. The van der Waals surface area contributed by atoms with E-state index in [4.69, 9.17) is 28.4 Å². The third-order valence-corrected chi connectivity index (χ3v) is 16.5. The molecule has 0 radical (unpaired) electrons. The van der Waals surface area contributed by atoms with Crippen molar-refractivity contribution in [2.45, 2.75) is 50.7 Å². The highest BCUT2D eigenvalue weighted by molar-refractivity contribution is 6.01. The largest absolute Gasteiger partial charge is 0.456 e. The number of fused-ring (bicyclic) bond motifs is 12. The number of aryl methyl sites for hydroxylation is 2. The van der Waals surface area contributed by atoms with Gasteiger partial charge in [0.25, 0.3) is 0 Å². The van der Waals surface area contributed by atoms with E-state index >= 15 is 0 Å². The zero-order valence-corrected chi connectivity index (χ0v) is 46.1. The highest BCUT2D eigenvalue weighted by Gasteiger charge is 2.56. The van der Waals surface area contributed by atoms with E-state index in [1.54, 1.807) is 12.1 Å². The van der Waals surface area contributed by atoms with E-state index in [9.17, 15) is 19.2 Å². The van der Waals surface area contributed by atoms with Crippen LogP contribution in [0.25, 0.3) is 0 Å². The van der Waals surface area contributed by atoms with Gasteiger partial charge in [0, 0.05) is 90.5 Å². The normalized spacial score (nSPS) is 17.4. The first-order chi connectivity index (χ1) is 38.5. The summed E-state index contributed by atoms with van der Waals surface area (Å²) in [5.74, 6) is 1.18. The summed E-state index contributed by atoms with van der Waals surface area (Å²) in [6.45, 7) is 8.08. The maximum atomic E-state index is 14.1. The van der Waals surface area contributed by atoms with Crippen LogP contribution in [0, 0.1) is 13.8 Å². The molecule has 2 amide bonds. The molecule has 2 spiro atoms. The van der Waals surface area contributed by atoms with Crippen LogP contribution in [0.2, 0.25) is 0 Å². The maximum absolute atomic E-state index is 14.1. The summed E-state index contributed by atoms with van der Waals surface area (Å²) in [4.78, 5) is 62.8. The number of nitrogens with zero attached hydrogens (tertiary/aromatic N) is 4. The van der Waals surface area contributed by atoms with E-state index < -0.39 is 40.7 Å². The van der Waals surface area contributed by atoms with Gasteiger partial charge in [-0.05, 0) is 127 Å². The van der Waals surface area contributed by atoms with Crippen molar-refractivity contribution in [3.63, 3.8) is 0 Å². The fraction of sp³-hybridized carbons (Fsp3) is 0.212. The number of carbonyl (C=O) groups is 4. The van der Waals surface area contributed by atoms with Crippen LogP contribution in [0.5, 0.6) is 23.0 Å². The van der Waals surface area contributed by atoms with E-state index in [0.717, 1.165) is 22.5 Å². The van der Waals surface area contributed by atoms with Crippen molar-refractivity contribution < 1.29 is 47.6 Å². The van der Waals surface area contributed by atoms with Gasteiger partial charge in [-0.1, -0.05) is 74.5 Å². The Hall–Kier alpha value is -9.56. The minimum Gasteiger partial charge on any atom is -0.456 e. The Morgan fingerprint density at radius 2 is 0.838 bits per heavy atom. The second-order valence-corrected chi connectivity index (χ2v) is 21.2. The van der Waals surface area contributed by atoms with E-state index in [1.807, 2.05) is 197 Å². The van der Waals surface area contributed by atoms with E-state index in [2.05, 4.69) is 13.8 Å². The molecule has 4 heterocycles. The number of rotatable bonds is 9. The summed E-state index contributed by atoms with van der Waals surface area (Å²) in [7, 11) is 10.5. The highest BCUT2D eigenvalue weighted by atomic mass is 16.6. The number of esters is 2. The molecular formula is C66H58N4O10. The summed E-state index contributed by atoms with van der Waals surface area (Å²) in [5, 5.41) is 0. The van der Waals surface area contributed by atoms with Crippen LogP contribution in [0.1, 0.15) is 96.6 Å². The molecule has 0 saturated heterocycles. The van der Waals surface area contributed by atoms with Crippen LogP contribution in [-0.4, -0.2) is 66.5 Å². The van der Waals surface area contributed by atoms with E-state index in [0.29, 0.717) is 108 Å². The number of anilines is 6. The molecule has 0 N–H and O–H groups in total. The Kier molecular flexibility index (Phi) is 12.1. The molecule has 0 aliphatic carbocycles. The smallest absolute Gasteiger partial charge is 0.418 e. The van der Waals surface area contributed by atoms with Gasteiger partial charge in [0.1, 0.15) is 23.0 Å². The van der Waals surface area contributed by atoms with Crippen molar-refractivity contribution in [1.82, 2.24) is 0 Å². The quantitative estimate of drug-likeness (QED) is 0.100. The molecule has 14 nitrogen and oxygen atoms in total. The van der Waals surface area contributed by atoms with Crippen molar-refractivity contribution in [1.29, 1.82) is 0 Å². The minimum atomic E-state index is -1.37. The zero-order chi connectivity index (χ0) is 56.2. The van der Waals surface area contributed by atoms with E-state index in [-0.39, 0.29) is 0 Å². The van der Waals surface area contributed by atoms with Gasteiger partial charge in [-0.25, -0.2) is 29.0 Å². The average molecular weight is 1070 g/mol. The number of amides is 2. The summed E-state index contributed by atoms with van der Waals surface area (Å²) < 4.78 is 37.3. The van der Waals surface area contributed by atoms with Gasteiger partial charge in [-0.2, -0.15) is 0 Å². The third-order valence-electron chi connectivity index (χ3n) is 16.5. The molecule has 8 aromatic carbocycles. The van der Waals surface area contributed by atoms with Crippen LogP contribution >= 0.6 is 0 Å². The molecule has 402 valence electrons. The lowest BCUT2D eigenvalue weighted by Gasteiger charge is -2.38. The standard InChI is InChI=1S/C66H58N4O10/c1-11-64(4,40-20-24-42(25-21-40)69(62(73)75-9)54-36-52-56(32-38(54)2)77-58-34-44(67(5)6)28-30-50(58)65(52)48-18-14-12-16-46(48)60(71)79-65)41-22-26-43(27-23-41)70(63(74)76-10)55-37-53-57(33-39(55)3)78-59-35-45(68(7)8)29-31-51(59)66(53)49-19-15-13-17-47(49)61(72)80-66/h12-37H,11H2,1-10H3. The fourth-order valence-corrected chi connectivity index (χ4v) is 12.0. The van der Waals surface area contributed by atoms with Gasteiger partial charge in [0.05, 0.1) is 48.1 Å². The Labute approximate surface area is 464 Å². The Bertz CT molecular complexity index is 3660. The fourth-order valence-electron chi connectivity index (χ4n) is 12.0. The molecule has 14 heteroatoms. The summed E-state index contributed by atoms with van der Waals surface area (Å²) in [6.07, 6.45) is -0.546. The van der Waals surface area contributed by atoms with Gasteiger partial charge >= 0.3 is 24.1 Å². The lowest BCUT2D eigenvalue weighted by atomic mass is 9.74.